The van der Waals surface area contributed by atoms with Gasteiger partial charge in [0.15, 0.2) is 0 Å². The Morgan fingerprint density at radius 1 is 1.73 bits per heavy atom. The summed E-state index contributed by atoms with van der Waals surface area (Å²) < 4.78 is 9.85. The monoisotopic (exact) mass is 158 g/mol. The minimum atomic E-state index is -0.406. The van der Waals surface area contributed by atoms with Gasteiger partial charge in [-0.3, -0.25) is 0 Å². The van der Waals surface area contributed by atoms with Crippen LogP contribution in [-0.2, 0) is 14.3 Å². The SMILES string of the molecule is C=CC(=O)OCC(C)OCC. The molecule has 0 spiro atoms. The third-order valence-electron chi connectivity index (χ3n) is 1.08. The van der Waals surface area contributed by atoms with Crippen LogP contribution in [-0.4, -0.2) is 25.3 Å². The molecule has 1 atom stereocenters. The van der Waals surface area contributed by atoms with E-state index in [4.69, 9.17) is 9.47 Å². The number of rotatable bonds is 5. The average molecular weight is 158 g/mol. The summed E-state index contributed by atoms with van der Waals surface area (Å²) >= 11 is 0. The third kappa shape index (κ3) is 5.61. The van der Waals surface area contributed by atoms with Crippen molar-refractivity contribution in [3.63, 3.8) is 0 Å². The molecular weight excluding hydrogens is 144 g/mol. The summed E-state index contributed by atoms with van der Waals surface area (Å²) in [5, 5.41) is 0. The molecule has 0 aromatic carbocycles. The van der Waals surface area contributed by atoms with Gasteiger partial charge >= 0.3 is 5.97 Å². The van der Waals surface area contributed by atoms with Crippen LogP contribution >= 0.6 is 0 Å². The van der Waals surface area contributed by atoms with Crippen LogP contribution in [0, 0.1) is 0 Å². The van der Waals surface area contributed by atoms with E-state index in [0.29, 0.717) is 13.2 Å². The Labute approximate surface area is 67.0 Å². The number of ether oxygens (including phenoxy) is 2. The molecule has 0 heterocycles. The van der Waals surface area contributed by atoms with E-state index in [1.54, 1.807) is 0 Å². The van der Waals surface area contributed by atoms with E-state index in [1.165, 1.54) is 0 Å². The average Bonchev–Trinajstić information content (AvgIpc) is 2.01. The standard InChI is InChI=1S/C8H14O3/c1-4-8(9)11-6-7(3)10-5-2/h4,7H,1,5-6H2,2-3H3. The molecule has 0 radical (unpaired) electrons. The van der Waals surface area contributed by atoms with Crippen LogP contribution in [0.25, 0.3) is 0 Å². The first-order chi connectivity index (χ1) is 5.20. The lowest BCUT2D eigenvalue weighted by Crippen LogP contribution is -2.17. The van der Waals surface area contributed by atoms with Crippen molar-refractivity contribution < 1.29 is 14.3 Å². The van der Waals surface area contributed by atoms with Crippen molar-refractivity contribution in [2.24, 2.45) is 0 Å². The maximum absolute atomic E-state index is 10.5. The molecule has 0 rings (SSSR count). The van der Waals surface area contributed by atoms with E-state index in [1.807, 2.05) is 13.8 Å². The van der Waals surface area contributed by atoms with E-state index in [0.717, 1.165) is 6.08 Å². The maximum Gasteiger partial charge on any atom is 0.330 e. The van der Waals surface area contributed by atoms with Crippen LogP contribution < -0.4 is 0 Å². The van der Waals surface area contributed by atoms with Gasteiger partial charge in [-0.25, -0.2) is 4.79 Å². The molecule has 0 aromatic heterocycles. The molecular formula is C8H14O3. The predicted octanol–water partition coefficient (Wildman–Crippen LogP) is 1.14. The number of carbonyl (C=O) groups excluding carboxylic acids is 1. The van der Waals surface area contributed by atoms with E-state index in [-0.39, 0.29) is 6.10 Å². The molecule has 0 aliphatic rings. The summed E-state index contributed by atoms with van der Waals surface area (Å²) in [6, 6.07) is 0. The van der Waals surface area contributed by atoms with Gasteiger partial charge in [0.05, 0.1) is 6.10 Å². The molecule has 0 saturated heterocycles. The summed E-state index contributed by atoms with van der Waals surface area (Å²) in [6.07, 6.45) is 1.10. The fourth-order valence-corrected chi connectivity index (χ4v) is 0.591. The smallest absolute Gasteiger partial charge is 0.330 e. The van der Waals surface area contributed by atoms with Crippen molar-refractivity contribution in [3.05, 3.63) is 12.7 Å². The highest BCUT2D eigenvalue weighted by Gasteiger charge is 2.02. The maximum atomic E-state index is 10.5. The molecule has 0 aliphatic carbocycles. The molecule has 3 heteroatoms. The van der Waals surface area contributed by atoms with Crippen molar-refractivity contribution >= 4 is 5.97 Å². The quantitative estimate of drug-likeness (QED) is 0.444. The molecule has 0 amide bonds. The summed E-state index contributed by atoms with van der Waals surface area (Å²) in [7, 11) is 0. The van der Waals surface area contributed by atoms with E-state index < -0.39 is 5.97 Å². The summed E-state index contributed by atoms with van der Waals surface area (Å²) in [4.78, 5) is 10.5. The molecule has 0 aromatic rings. The van der Waals surface area contributed by atoms with Gasteiger partial charge < -0.3 is 9.47 Å². The van der Waals surface area contributed by atoms with Crippen molar-refractivity contribution in [1.82, 2.24) is 0 Å². The molecule has 0 saturated carbocycles. The Bertz CT molecular complexity index is 131. The van der Waals surface area contributed by atoms with Gasteiger partial charge in [-0.1, -0.05) is 6.58 Å². The molecule has 0 N–H and O–H groups in total. The molecule has 0 bridgehead atoms. The fourth-order valence-electron chi connectivity index (χ4n) is 0.591. The van der Waals surface area contributed by atoms with Gasteiger partial charge in [0.2, 0.25) is 0 Å². The highest BCUT2D eigenvalue weighted by atomic mass is 16.6. The second-order valence-electron chi connectivity index (χ2n) is 2.10. The third-order valence-corrected chi connectivity index (χ3v) is 1.08. The van der Waals surface area contributed by atoms with Crippen LogP contribution in [0.2, 0.25) is 0 Å². The highest BCUT2D eigenvalue weighted by molar-refractivity contribution is 5.81. The van der Waals surface area contributed by atoms with E-state index >= 15 is 0 Å². The molecule has 64 valence electrons. The second-order valence-corrected chi connectivity index (χ2v) is 2.10. The van der Waals surface area contributed by atoms with Crippen LogP contribution in [0.1, 0.15) is 13.8 Å². The first kappa shape index (κ1) is 10.2. The zero-order valence-corrected chi connectivity index (χ0v) is 7.00. The minimum absolute atomic E-state index is 0.0381. The van der Waals surface area contributed by atoms with Gasteiger partial charge in [-0.2, -0.15) is 0 Å². The number of esters is 1. The first-order valence-electron chi connectivity index (χ1n) is 3.61. The fraction of sp³-hybridized carbons (Fsp3) is 0.625. The molecule has 0 fully saturated rings. The minimum Gasteiger partial charge on any atom is -0.460 e. The summed E-state index contributed by atoms with van der Waals surface area (Å²) in [6.45, 7) is 7.93. The Hall–Kier alpha value is -0.830. The van der Waals surface area contributed by atoms with Crippen molar-refractivity contribution in [2.75, 3.05) is 13.2 Å². The number of carbonyl (C=O) groups is 1. The van der Waals surface area contributed by atoms with Gasteiger partial charge in [0, 0.05) is 12.7 Å². The van der Waals surface area contributed by atoms with Gasteiger partial charge in [0.1, 0.15) is 6.61 Å². The van der Waals surface area contributed by atoms with E-state index in [2.05, 4.69) is 6.58 Å². The molecule has 1 unspecified atom stereocenters. The second kappa shape index (κ2) is 5.92. The Morgan fingerprint density at radius 2 is 2.36 bits per heavy atom. The Morgan fingerprint density at radius 3 is 2.82 bits per heavy atom. The van der Waals surface area contributed by atoms with E-state index in [9.17, 15) is 4.79 Å². The molecule has 0 aliphatic heterocycles. The van der Waals surface area contributed by atoms with Crippen LogP contribution in [0.4, 0.5) is 0 Å². The Kier molecular flexibility index (Phi) is 5.47. The first-order valence-corrected chi connectivity index (χ1v) is 3.61. The lowest BCUT2D eigenvalue weighted by molar-refractivity contribution is -0.141. The van der Waals surface area contributed by atoms with Crippen molar-refractivity contribution in [1.29, 1.82) is 0 Å². The van der Waals surface area contributed by atoms with Crippen LogP contribution in [0.15, 0.2) is 12.7 Å². The van der Waals surface area contributed by atoms with Crippen molar-refractivity contribution in [3.8, 4) is 0 Å². The lowest BCUT2D eigenvalue weighted by atomic mass is 10.4. The van der Waals surface area contributed by atoms with Gasteiger partial charge in [0.25, 0.3) is 0 Å². The van der Waals surface area contributed by atoms with Crippen LogP contribution in [0.3, 0.4) is 0 Å². The Balaban J connectivity index is 3.37. The summed E-state index contributed by atoms with van der Waals surface area (Å²) in [5.41, 5.74) is 0. The largest absolute Gasteiger partial charge is 0.460 e. The number of hydrogen-bond donors (Lipinski definition) is 0. The zero-order valence-electron chi connectivity index (χ0n) is 7.00. The normalized spacial score (nSPS) is 12.2. The predicted molar refractivity (Wildman–Crippen MR) is 42.2 cm³/mol. The zero-order chi connectivity index (χ0) is 8.69. The highest BCUT2D eigenvalue weighted by Crippen LogP contribution is 1.91. The molecule has 11 heavy (non-hydrogen) atoms. The summed E-state index contributed by atoms with van der Waals surface area (Å²) in [5.74, 6) is -0.406. The van der Waals surface area contributed by atoms with Crippen LogP contribution in [0.5, 0.6) is 0 Å². The lowest BCUT2D eigenvalue weighted by Gasteiger charge is -2.10. The van der Waals surface area contributed by atoms with Gasteiger partial charge in [-0.15, -0.1) is 0 Å². The van der Waals surface area contributed by atoms with Crippen molar-refractivity contribution in [2.45, 2.75) is 20.0 Å². The topological polar surface area (TPSA) is 35.5 Å². The molecule has 3 nitrogen and oxygen atoms in total. The number of hydrogen-bond acceptors (Lipinski definition) is 3. The van der Waals surface area contributed by atoms with Gasteiger partial charge in [-0.05, 0) is 13.8 Å².